The maximum absolute atomic E-state index is 11.9. The molecule has 1 aromatic rings. The lowest BCUT2D eigenvalue weighted by Gasteiger charge is -2.27. The van der Waals surface area contributed by atoms with Crippen LogP contribution < -0.4 is 15.5 Å². The molecule has 2 aliphatic heterocycles. The van der Waals surface area contributed by atoms with E-state index >= 15 is 0 Å². The first-order valence-corrected chi connectivity index (χ1v) is 8.59. The average Bonchev–Trinajstić information content (AvgIpc) is 3.13. The quantitative estimate of drug-likeness (QED) is 0.776. The topological polar surface area (TPSA) is 66.5 Å². The van der Waals surface area contributed by atoms with Gasteiger partial charge in [0.2, 0.25) is 5.91 Å². The highest BCUT2D eigenvalue weighted by Crippen LogP contribution is 2.13. The number of halogens is 2. The number of hydrogen-bond acceptors (Lipinski definition) is 5. The van der Waals surface area contributed by atoms with Crippen LogP contribution in [0.1, 0.15) is 31.2 Å². The molecule has 2 N–H and O–H groups in total. The molecule has 2 saturated heterocycles. The summed E-state index contributed by atoms with van der Waals surface area (Å²) in [6.45, 7) is 4.93. The van der Waals surface area contributed by atoms with Gasteiger partial charge in [-0.2, -0.15) is 0 Å². The molecule has 6 nitrogen and oxygen atoms in total. The molecule has 3 heterocycles. The summed E-state index contributed by atoms with van der Waals surface area (Å²) in [5.74, 6) is 1.10. The number of nitrogens with zero attached hydrogens (tertiary/aromatic N) is 2. The number of carbonyl (C=O) groups excluding carboxylic acids is 1. The van der Waals surface area contributed by atoms with Gasteiger partial charge in [0.1, 0.15) is 5.82 Å². The van der Waals surface area contributed by atoms with E-state index in [0.717, 1.165) is 50.7 Å². The molecule has 25 heavy (non-hydrogen) atoms. The van der Waals surface area contributed by atoms with Crippen LogP contribution in [0.4, 0.5) is 5.82 Å². The van der Waals surface area contributed by atoms with Crippen molar-refractivity contribution in [3.8, 4) is 0 Å². The number of amides is 1. The molecule has 1 unspecified atom stereocenters. The fourth-order valence-electron chi connectivity index (χ4n) is 3.10. The summed E-state index contributed by atoms with van der Waals surface area (Å²) in [7, 11) is 0. The molecule has 2 aliphatic rings. The van der Waals surface area contributed by atoms with Crippen LogP contribution in [0.3, 0.4) is 0 Å². The van der Waals surface area contributed by atoms with Gasteiger partial charge in [0.25, 0.3) is 0 Å². The Morgan fingerprint density at radius 3 is 2.76 bits per heavy atom. The molecule has 0 radical (unpaired) electrons. The zero-order valence-electron chi connectivity index (χ0n) is 14.4. The highest BCUT2D eigenvalue weighted by molar-refractivity contribution is 5.85. The smallest absolute Gasteiger partial charge is 0.220 e. The van der Waals surface area contributed by atoms with Crippen molar-refractivity contribution in [2.45, 2.75) is 38.3 Å². The van der Waals surface area contributed by atoms with Gasteiger partial charge in [-0.15, -0.1) is 24.8 Å². The van der Waals surface area contributed by atoms with Gasteiger partial charge in [0, 0.05) is 38.3 Å². The first-order valence-electron chi connectivity index (χ1n) is 8.59. The summed E-state index contributed by atoms with van der Waals surface area (Å²) < 4.78 is 5.35. The van der Waals surface area contributed by atoms with Crippen LogP contribution in [0.5, 0.6) is 0 Å². The average molecular weight is 391 g/mol. The molecule has 0 spiro atoms. The van der Waals surface area contributed by atoms with E-state index in [9.17, 15) is 4.79 Å². The molecular formula is C17H28Cl2N4O2. The Morgan fingerprint density at radius 2 is 2.12 bits per heavy atom. The van der Waals surface area contributed by atoms with E-state index < -0.39 is 0 Å². The van der Waals surface area contributed by atoms with Crippen molar-refractivity contribution in [3.05, 3.63) is 23.9 Å². The van der Waals surface area contributed by atoms with E-state index in [1.54, 1.807) is 0 Å². The highest BCUT2D eigenvalue weighted by Gasteiger charge is 2.15. The number of pyridine rings is 1. The third-order valence-corrected chi connectivity index (χ3v) is 4.52. The first-order chi connectivity index (χ1) is 11.3. The molecule has 8 heteroatoms. The van der Waals surface area contributed by atoms with Crippen LogP contribution in [0.25, 0.3) is 0 Å². The van der Waals surface area contributed by atoms with Gasteiger partial charge in [0.05, 0.1) is 13.2 Å². The fraction of sp³-hybridized carbons (Fsp3) is 0.647. The number of rotatable bonds is 6. The number of ether oxygens (including phenoxy) is 1. The standard InChI is InChI=1S/C17H26N4O2.2ClH/c22-17(6-4-15-2-1-7-18-15)20-13-14-3-5-16(19-12-14)21-8-10-23-11-9-21;;/h3,5,12,15,18H,1-2,4,6-11,13H2,(H,20,22);2*1H. The second kappa shape index (κ2) is 11.5. The number of hydrogen-bond donors (Lipinski definition) is 2. The van der Waals surface area contributed by atoms with Crippen molar-refractivity contribution in [2.24, 2.45) is 0 Å². The second-order valence-electron chi connectivity index (χ2n) is 6.23. The SMILES string of the molecule is Cl.Cl.O=C(CCC1CCCN1)NCc1ccc(N2CCOCC2)nc1. The van der Waals surface area contributed by atoms with Crippen molar-refractivity contribution in [1.82, 2.24) is 15.6 Å². The van der Waals surface area contributed by atoms with Crippen molar-refractivity contribution in [3.63, 3.8) is 0 Å². The minimum absolute atomic E-state index is 0. The van der Waals surface area contributed by atoms with E-state index in [1.165, 1.54) is 12.8 Å². The van der Waals surface area contributed by atoms with Crippen LogP contribution in [-0.2, 0) is 16.1 Å². The Labute approximate surface area is 161 Å². The first kappa shape index (κ1) is 22.0. The van der Waals surface area contributed by atoms with E-state index in [1.807, 2.05) is 18.3 Å². The summed E-state index contributed by atoms with van der Waals surface area (Å²) in [6, 6.07) is 4.58. The Morgan fingerprint density at radius 1 is 1.32 bits per heavy atom. The molecule has 0 aromatic carbocycles. The van der Waals surface area contributed by atoms with Crippen LogP contribution in [0.2, 0.25) is 0 Å². The van der Waals surface area contributed by atoms with Crippen LogP contribution in [0.15, 0.2) is 18.3 Å². The summed E-state index contributed by atoms with van der Waals surface area (Å²) in [5, 5.41) is 6.40. The lowest BCUT2D eigenvalue weighted by molar-refractivity contribution is -0.121. The van der Waals surface area contributed by atoms with Crippen molar-refractivity contribution >= 4 is 36.5 Å². The molecule has 0 saturated carbocycles. The zero-order chi connectivity index (χ0) is 15.9. The van der Waals surface area contributed by atoms with Gasteiger partial charge in [-0.1, -0.05) is 6.07 Å². The molecule has 1 amide bonds. The van der Waals surface area contributed by atoms with Gasteiger partial charge in [-0.3, -0.25) is 4.79 Å². The van der Waals surface area contributed by atoms with E-state index in [2.05, 4.69) is 20.5 Å². The molecule has 0 bridgehead atoms. The van der Waals surface area contributed by atoms with Gasteiger partial charge < -0.3 is 20.3 Å². The van der Waals surface area contributed by atoms with E-state index in [4.69, 9.17) is 4.74 Å². The third-order valence-electron chi connectivity index (χ3n) is 4.52. The van der Waals surface area contributed by atoms with Crippen molar-refractivity contribution < 1.29 is 9.53 Å². The summed E-state index contributed by atoms with van der Waals surface area (Å²) in [4.78, 5) is 18.6. The Bertz CT molecular complexity index is 504. The Balaban J connectivity index is 0.00000156. The van der Waals surface area contributed by atoms with Gasteiger partial charge in [0.15, 0.2) is 0 Å². The second-order valence-corrected chi connectivity index (χ2v) is 6.23. The largest absolute Gasteiger partial charge is 0.378 e. The van der Waals surface area contributed by atoms with E-state index in [0.29, 0.717) is 19.0 Å². The lowest BCUT2D eigenvalue weighted by Crippen LogP contribution is -2.36. The van der Waals surface area contributed by atoms with Crippen LogP contribution in [-0.4, -0.2) is 49.8 Å². The number of nitrogens with one attached hydrogen (secondary N) is 2. The molecule has 0 aliphatic carbocycles. The third kappa shape index (κ3) is 6.98. The summed E-state index contributed by atoms with van der Waals surface area (Å²) in [6.07, 6.45) is 5.80. The van der Waals surface area contributed by atoms with Gasteiger partial charge >= 0.3 is 0 Å². The lowest BCUT2D eigenvalue weighted by atomic mass is 10.1. The van der Waals surface area contributed by atoms with Crippen LogP contribution in [0, 0.1) is 0 Å². The Kier molecular flexibility index (Phi) is 10.1. The highest BCUT2D eigenvalue weighted by atomic mass is 35.5. The zero-order valence-corrected chi connectivity index (χ0v) is 16.0. The number of aromatic nitrogens is 1. The monoisotopic (exact) mass is 390 g/mol. The summed E-state index contributed by atoms with van der Waals surface area (Å²) in [5.41, 5.74) is 1.04. The van der Waals surface area contributed by atoms with Crippen molar-refractivity contribution in [1.29, 1.82) is 0 Å². The molecule has 3 rings (SSSR count). The van der Waals surface area contributed by atoms with E-state index in [-0.39, 0.29) is 30.7 Å². The van der Waals surface area contributed by atoms with Crippen molar-refractivity contribution in [2.75, 3.05) is 37.7 Å². The maximum atomic E-state index is 11.9. The van der Waals surface area contributed by atoms with Gasteiger partial charge in [-0.05, 0) is 37.4 Å². The predicted octanol–water partition coefficient (Wildman–Crippen LogP) is 1.91. The fourth-order valence-corrected chi connectivity index (χ4v) is 3.10. The molecule has 1 atom stereocenters. The molecule has 2 fully saturated rings. The summed E-state index contributed by atoms with van der Waals surface area (Å²) >= 11 is 0. The molecule has 1 aromatic heterocycles. The maximum Gasteiger partial charge on any atom is 0.220 e. The Hall–Kier alpha value is -1.08. The number of anilines is 1. The van der Waals surface area contributed by atoms with Gasteiger partial charge in [-0.25, -0.2) is 4.98 Å². The predicted molar refractivity (Wildman–Crippen MR) is 104 cm³/mol. The minimum atomic E-state index is 0. The number of carbonyl (C=O) groups is 1. The molecular weight excluding hydrogens is 363 g/mol. The molecule has 142 valence electrons. The minimum Gasteiger partial charge on any atom is -0.378 e. The number of morpholine rings is 1. The van der Waals surface area contributed by atoms with Crippen LogP contribution >= 0.6 is 24.8 Å². The normalized spacial score (nSPS) is 19.7.